The molecule has 0 radical (unpaired) electrons. The number of phenolic OH excluding ortho intramolecular Hbond substituents is 5. The summed E-state index contributed by atoms with van der Waals surface area (Å²) < 4.78 is 26.8. The van der Waals surface area contributed by atoms with Gasteiger partial charge in [0.1, 0.15) is 28.7 Å². The molecule has 19 nitrogen and oxygen atoms in total. The van der Waals surface area contributed by atoms with E-state index in [4.69, 9.17) is 34.4 Å². The summed E-state index contributed by atoms with van der Waals surface area (Å²) in [6.45, 7) is 0. The molecule has 10 aromatic carbocycles. The Morgan fingerprint density at radius 3 is 0.728 bits per heavy atom. The van der Waals surface area contributed by atoms with Crippen LogP contribution in [0.5, 0.6) is 28.7 Å². The molecule has 10 rings (SSSR count). The highest BCUT2D eigenvalue weighted by Crippen LogP contribution is 2.33. The SMILES string of the molecule is Nc1ccc(C(=O)Cc2cc(CC(=O)c3ccc(N)cc3)c(O)cc2O)cc1.Nc1ccc(C(=O)Cc2cc(S(=O)(=O)c3ccc(O)c(CC(=O)c4ccc(N)cc4)c3)ccc2O)cc1.Nc1ccc(C(=O)Cc2ccc(O)c(CC(=O)c3ccc(N)cc3)c2)cc1. The summed E-state index contributed by atoms with van der Waals surface area (Å²) in [5.41, 5.74) is 42.0. The zero-order chi connectivity index (χ0) is 66.4. The van der Waals surface area contributed by atoms with Gasteiger partial charge in [0.05, 0.1) is 9.79 Å². The number of hydrogen-bond acceptors (Lipinski definition) is 19. The van der Waals surface area contributed by atoms with Gasteiger partial charge in [-0.15, -0.1) is 0 Å². The molecule has 0 atom stereocenters. The molecule has 0 aliphatic carbocycles. The van der Waals surface area contributed by atoms with E-state index in [0.717, 1.165) is 11.6 Å². The van der Waals surface area contributed by atoms with E-state index in [1.807, 2.05) is 0 Å². The van der Waals surface area contributed by atoms with Gasteiger partial charge in [0.2, 0.25) is 9.84 Å². The minimum absolute atomic E-state index is 0.0301. The van der Waals surface area contributed by atoms with Crippen molar-refractivity contribution in [1.29, 1.82) is 0 Å². The predicted molar refractivity (Wildman–Crippen MR) is 353 cm³/mol. The second-order valence-electron chi connectivity index (χ2n) is 21.5. The number of benzene rings is 10. The number of carbonyl (C=O) groups is 6. The first-order valence-corrected chi connectivity index (χ1v) is 29.8. The monoisotopic (exact) mass is 1250 g/mol. The van der Waals surface area contributed by atoms with Crippen LogP contribution in [-0.2, 0) is 48.4 Å². The summed E-state index contributed by atoms with van der Waals surface area (Å²) >= 11 is 0. The number of rotatable bonds is 20. The highest BCUT2D eigenvalue weighted by Gasteiger charge is 2.24. The summed E-state index contributed by atoms with van der Waals surface area (Å²) in [4.78, 5) is 74.8. The molecule has 10 aromatic rings. The summed E-state index contributed by atoms with van der Waals surface area (Å²) in [5, 5.41) is 50.8. The van der Waals surface area contributed by atoms with Crippen LogP contribution in [-0.4, -0.2) is 68.6 Å². The number of phenols is 5. The van der Waals surface area contributed by atoms with Gasteiger partial charge in [0.25, 0.3) is 0 Å². The van der Waals surface area contributed by atoms with Crippen LogP contribution in [0.4, 0.5) is 34.1 Å². The lowest BCUT2D eigenvalue weighted by atomic mass is 9.96. The number of sulfone groups is 1. The van der Waals surface area contributed by atoms with Crippen LogP contribution in [0, 0.1) is 0 Å². The maximum Gasteiger partial charge on any atom is 0.206 e. The largest absolute Gasteiger partial charge is 0.508 e. The van der Waals surface area contributed by atoms with Gasteiger partial charge in [-0.1, -0.05) is 12.1 Å². The number of ketones is 6. The number of aromatic hydroxyl groups is 5. The number of Topliss-reactive ketones (excluding diaryl/α,β-unsaturated/α-hetero) is 6. The molecule has 0 heterocycles. The summed E-state index contributed by atoms with van der Waals surface area (Å²) in [6, 6.07) is 53.7. The number of hydrogen-bond donors (Lipinski definition) is 11. The quantitative estimate of drug-likeness (QED) is 0.0249. The molecular weight excluding hydrogens is 1190 g/mol. The van der Waals surface area contributed by atoms with Gasteiger partial charge >= 0.3 is 0 Å². The third-order valence-electron chi connectivity index (χ3n) is 14.7. The zero-order valence-electron chi connectivity index (χ0n) is 49.3. The topological polar surface area (TPSA) is 394 Å². The van der Waals surface area contributed by atoms with Crippen molar-refractivity contribution >= 4 is 78.7 Å². The van der Waals surface area contributed by atoms with Crippen LogP contribution >= 0.6 is 0 Å². The highest BCUT2D eigenvalue weighted by atomic mass is 32.2. The van der Waals surface area contributed by atoms with Crippen molar-refractivity contribution in [3.05, 3.63) is 279 Å². The third kappa shape index (κ3) is 17.4. The van der Waals surface area contributed by atoms with Crippen molar-refractivity contribution in [2.75, 3.05) is 34.4 Å². The standard InChI is InChI=1S/C28H24N2O6S.C22H20N2O4.C22H20N2O3/c29-21-5-1-17(2-6-21)27(33)15-19-13-23(9-11-25(19)31)37(35,36)24-10-12-26(32)20(14-24)16-28(34)18-3-7-22(30)8-4-18;23-17-5-1-13(2-6-17)19(25)10-15-9-16(22(28)12-21(15)27)11-20(26)14-3-7-18(24)8-4-14;23-18-6-2-15(3-7-18)21(26)12-14-1-10-20(25)17(11-14)13-22(27)16-4-8-19(24)9-5-16/h1-14,31-32H,15-16,29-30H2;1-9,12,27-28H,10-11,23-24H2;1-11,25H,12-13,23-24H2. The molecule has 0 saturated heterocycles. The molecule has 0 fully saturated rings. The Morgan fingerprint density at radius 2 is 0.467 bits per heavy atom. The number of nitrogens with two attached hydrogens (primary N) is 6. The Bertz CT molecular complexity index is 4310. The van der Waals surface area contributed by atoms with Gasteiger partial charge < -0.3 is 59.9 Å². The average Bonchev–Trinajstić information content (AvgIpc) is 0.859. The van der Waals surface area contributed by atoms with E-state index in [0.29, 0.717) is 84.2 Å². The van der Waals surface area contributed by atoms with Crippen LogP contribution < -0.4 is 34.4 Å². The van der Waals surface area contributed by atoms with E-state index < -0.39 is 9.84 Å². The van der Waals surface area contributed by atoms with Gasteiger partial charge in [0, 0.05) is 140 Å². The van der Waals surface area contributed by atoms with Gasteiger partial charge in [0.15, 0.2) is 34.7 Å². The Morgan fingerprint density at radius 1 is 0.250 bits per heavy atom. The molecule has 20 heteroatoms. The maximum absolute atomic E-state index is 13.4. The van der Waals surface area contributed by atoms with E-state index in [2.05, 4.69) is 0 Å². The minimum Gasteiger partial charge on any atom is -0.508 e. The molecule has 0 amide bonds. The van der Waals surface area contributed by atoms with E-state index in [-0.39, 0.29) is 123 Å². The smallest absolute Gasteiger partial charge is 0.206 e. The summed E-state index contributed by atoms with van der Waals surface area (Å²) in [6.07, 6.45) is -0.378. The number of carbonyl (C=O) groups excluding carboxylic acids is 6. The molecule has 0 unspecified atom stereocenters. The second kappa shape index (κ2) is 29.3. The first-order chi connectivity index (χ1) is 43.8. The van der Waals surface area contributed by atoms with E-state index in [1.54, 1.807) is 158 Å². The minimum atomic E-state index is -4.11. The van der Waals surface area contributed by atoms with E-state index in [9.17, 15) is 62.7 Å². The first kappa shape index (κ1) is 65.9. The molecule has 0 bridgehead atoms. The van der Waals surface area contributed by atoms with Crippen LogP contribution in [0.15, 0.2) is 222 Å². The molecule has 0 aliphatic rings. The maximum atomic E-state index is 13.4. The van der Waals surface area contributed by atoms with Crippen LogP contribution in [0.3, 0.4) is 0 Å². The van der Waals surface area contributed by atoms with Crippen LogP contribution in [0.1, 0.15) is 95.5 Å². The highest BCUT2D eigenvalue weighted by molar-refractivity contribution is 7.91. The first-order valence-electron chi connectivity index (χ1n) is 28.4. The molecule has 466 valence electrons. The van der Waals surface area contributed by atoms with Gasteiger partial charge in [-0.25, -0.2) is 8.42 Å². The van der Waals surface area contributed by atoms with Crippen molar-refractivity contribution in [1.82, 2.24) is 0 Å². The fraction of sp³-hybridized carbons (Fsp3) is 0.0833. The van der Waals surface area contributed by atoms with Crippen molar-refractivity contribution in [2.45, 2.75) is 48.3 Å². The van der Waals surface area contributed by atoms with Gasteiger partial charge in [-0.3, -0.25) is 28.8 Å². The predicted octanol–water partition coefficient (Wildman–Crippen LogP) is 10.5. The lowest BCUT2D eigenvalue weighted by Gasteiger charge is -2.11. The molecule has 0 aromatic heterocycles. The summed E-state index contributed by atoms with van der Waals surface area (Å²) in [7, 11) is -4.11. The van der Waals surface area contributed by atoms with Crippen molar-refractivity contribution in [3.63, 3.8) is 0 Å². The normalized spacial score (nSPS) is 10.8. The molecule has 17 N–H and O–H groups in total. The molecule has 92 heavy (non-hydrogen) atoms. The Balaban J connectivity index is 0.000000181. The molecule has 0 aliphatic heterocycles. The lowest BCUT2D eigenvalue weighted by molar-refractivity contribution is 0.0982. The fourth-order valence-corrected chi connectivity index (χ4v) is 10.8. The van der Waals surface area contributed by atoms with Crippen molar-refractivity contribution in [3.8, 4) is 28.7 Å². The molecular formula is C72H64N6O13S. The third-order valence-corrected chi connectivity index (χ3v) is 16.4. The molecule has 0 saturated carbocycles. The van der Waals surface area contributed by atoms with Gasteiger partial charge in [-0.05, 0) is 200 Å². The van der Waals surface area contributed by atoms with E-state index in [1.165, 1.54) is 48.5 Å². The second-order valence-corrected chi connectivity index (χ2v) is 23.4. The van der Waals surface area contributed by atoms with Crippen LogP contribution in [0.25, 0.3) is 0 Å². The van der Waals surface area contributed by atoms with Crippen LogP contribution in [0.2, 0.25) is 0 Å². The average molecular weight is 1250 g/mol. The fourth-order valence-electron chi connectivity index (χ4n) is 9.40. The van der Waals surface area contributed by atoms with Crippen molar-refractivity contribution in [2.24, 2.45) is 0 Å². The van der Waals surface area contributed by atoms with E-state index >= 15 is 0 Å². The lowest BCUT2D eigenvalue weighted by Crippen LogP contribution is -2.08. The van der Waals surface area contributed by atoms with Crippen molar-refractivity contribution < 1.29 is 62.7 Å². The zero-order valence-corrected chi connectivity index (χ0v) is 50.1. The molecule has 0 spiro atoms. The van der Waals surface area contributed by atoms with Gasteiger partial charge in [-0.2, -0.15) is 0 Å². The Kier molecular flexibility index (Phi) is 21.0. The summed E-state index contributed by atoms with van der Waals surface area (Å²) in [5.74, 6) is -2.07. The Labute approximate surface area is 529 Å². The number of nitrogen functional groups attached to an aromatic ring is 6. The Hall–Kier alpha value is -12.0. The number of anilines is 6.